The second-order valence-electron chi connectivity index (χ2n) is 6.36. The molecule has 5 rings (SSSR count). The van der Waals surface area contributed by atoms with E-state index in [1.165, 1.54) is 16.8 Å². The molecule has 0 saturated carbocycles. The Labute approximate surface area is 145 Å². The highest BCUT2D eigenvalue weighted by molar-refractivity contribution is 5.82. The van der Waals surface area contributed by atoms with Crippen LogP contribution in [0.1, 0.15) is 16.8 Å². The number of hydrogen-bond donors (Lipinski definition) is 0. The monoisotopic (exact) mass is 327 g/mol. The number of benzene rings is 2. The molecule has 0 saturated heterocycles. The SMILES string of the molecule is c1ccc(Cn2nc(-c3ccccc3)c3c2CCc2cnoc2-3)cc1. The maximum Gasteiger partial charge on any atom is 0.174 e. The summed E-state index contributed by atoms with van der Waals surface area (Å²) in [6, 6.07) is 20.8. The highest BCUT2D eigenvalue weighted by Gasteiger charge is 2.29. The fraction of sp³-hybridized carbons (Fsp3) is 0.143. The molecule has 0 atom stereocenters. The van der Waals surface area contributed by atoms with Crippen molar-refractivity contribution in [2.45, 2.75) is 19.4 Å². The maximum atomic E-state index is 5.60. The lowest BCUT2D eigenvalue weighted by atomic mass is 9.93. The Morgan fingerprint density at radius 3 is 2.48 bits per heavy atom. The van der Waals surface area contributed by atoms with Gasteiger partial charge >= 0.3 is 0 Å². The van der Waals surface area contributed by atoms with Gasteiger partial charge < -0.3 is 4.52 Å². The number of rotatable bonds is 3. The molecule has 4 aromatic rings. The average Bonchev–Trinajstić information content (AvgIpc) is 3.28. The first-order valence-electron chi connectivity index (χ1n) is 8.53. The van der Waals surface area contributed by atoms with Crippen molar-refractivity contribution >= 4 is 0 Å². The van der Waals surface area contributed by atoms with E-state index in [2.05, 4.69) is 46.2 Å². The van der Waals surface area contributed by atoms with Gasteiger partial charge in [0.2, 0.25) is 0 Å². The van der Waals surface area contributed by atoms with E-state index in [9.17, 15) is 0 Å². The smallest absolute Gasteiger partial charge is 0.174 e. The Balaban J connectivity index is 1.70. The van der Waals surface area contributed by atoms with Gasteiger partial charge in [0.25, 0.3) is 0 Å². The van der Waals surface area contributed by atoms with E-state index in [4.69, 9.17) is 9.62 Å². The molecule has 2 aromatic heterocycles. The first-order valence-corrected chi connectivity index (χ1v) is 8.53. The molecule has 2 heterocycles. The van der Waals surface area contributed by atoms with Gasteiger partial charge in [0.05, 0.1) is 24.0 Å². The molecule has 4 heteroatoms. The van der Waals surface area contributed by atoms with Crippen LogP contribution in [0.3, 0.4) is 0 Å². The van der Waals surface area contributed by atoms with E-state index in [1.54, 1.807) is 0 Å². The Morgan fingerprint density at radius 2 is 1.68 bits per heavy atom. The Hall–Kier alpha value is -3.14. The van der Waals surface area contributed by atoms with Gasteiger partial charge in [-0.1, -0.05) is 65.8 Å². The number of hydrogen-bond acceptors (Lipinski definition) is 3. The van der Waals surface area contributed by atoms with Gasteiger partial charge in [-0.05, 0) is 18.4 Å². The van der Waals surface area contributed by atoms with Crippen LogP contribution in [0.4, 0.5) is 0 Å². The molecular formula is C21H17N3O. The second kappa shape index (κ2) is 5.74. The van der Waals surface area contributed by atoms with Crippen molar-refractivity contribution in [1.82, 2.24) is 14.9 Å². The first kappa shape index (κ1) is 14.2. The van der Waals surface area contributed by atoms with Crippen LogP contribution in [0.15, 0.2) is 71.4 Å². The molecule has 0 bridgehead atoms. The van der Waals surface area contributed by atoms with Crippen LogP contribution >= 0.6 is 0 Å². The lowest BCUT2D eigenvalue weighted by molar-refractivity contribution is 0.430. The molecule has 0 amide bonds. The van der Waals surface area contributed by atoms with E-state index in [-0.39, 0.29) is 0 Å². The maximum absolute atomic E-state index is 5.60. The lowest BCUT2D eigenvalue weighted by Gasteiger charge is -2.13. The number of nitrogens with zero attached hydrogens (tertiary/aromatic N) is 3. The van der Waals surface area contributed by atoms with Gasteiger partial charge in [-0.25, -0.2) is 0 Å². The Morgan fingerprint density at radius 1 is 0.920 bits per heavy atom. The summed E-state index contributed by atoms with van der Waals surface area (Å²) >= 11 is 0. The minimum Gasteiger partial charge on any atom is -0.356 e. The molecule has 25 heavy (non-hydrogen) atoms. The zero-order valence-electron chi connectivity index (χ0n) is 13.7. The number of aromatic nitrogens is 3. The molecule has 4 nitrogen and oxygen atoms in total. The normalized spacial score (nSPS) is 12.6. The molecule has 1 aliphatic carbocycles. The van der Waals surface area contributed by atoms with Gasteiger partial charge in [0, 0.05) is 11.1 Å². The van der Waals surface area contributed by atoms with Gasteiger partial charge in [0.15, 0.2) is 5.76 Å². The van der Waals surface area contributed by atoms with Crippen LogP contribution in [-0.2, 0) is 19.4 Å². The van der Waals surface area contributed by atoms with Gasteiger partial charge in [-0.3, -0.25) is 4.68 Å². The van der Waals surface area contributed by atoms with Crippen LogP contribution in [-0.4, -0.2) is 14.9 Å². The number of aryl methyl sites for hydroxylation is 1. The third-order valence-electron chi connectivity index (χ3n) is 4.78. The summed E-state index contributed by atoms with van der Waals surface area (Å²) in [5.74, 6) is 0.874. The molecule has 122 valence electrons. The Kier molecular flexibility index (Phi) is 3.27. The van der Waals surface area contributed by atoms with Crippen molar-refractivity contribution in [1.29, 1.82) is 0 Å². The van der Waals surface area contributed by atoms with Crippen molar-refractivity contribution in [3.63, 3.8) is 0 Å². The van der Waals surface area contributed by atoms with E-state index in [0.717, 1.165) is 42.0 Å². The minimum absolute atomic E-state index is 0.763. The molecular weight excluding hydrogens is 310 g/mol. The van der Waals surface area contributed by atoms with Crippen molar-refractivity contribution in [3.05, 3.63) is 83.7 Å². The summed E-state index contributed by atoms with van der Waals surface area (Å²) in [5, 5.41) is 8.98. The summed E-state index contributed by atoms with van der Waals surface area (Å²) in [4.78, 5) is 0. The molecule has 0 fully saturated rings. The van der Waals surface area contributed by atoms with Crippen LogP contribution in [0, 0.1) is 0 Å². The summed E-state index contributed by atoms with van der Waals surface area (Å²) in [6.07, 6.45) is 3.73. The van der Waals surface area contributed by atoms with Crippen molar-refractivity contribution < 1.29 is 4.52 Å². The van der Waals surface area contributed by atoms with E-state index < -0.39 is 0 Å². The predicted octanol–water partition coefficient (Wildman–Crippen LogP) is 4.35. The molecule has 0 unspecified atom stereocenters. The highest BCUT2D eigenvalue weighted by atomic mass is 16.5. The van der Waals surface area contributed by atoms with Gasteiger partial charge in [-0.2, -0.15) is 5.10 Å². The van der Waals surface area contributed by atoms with Crippen LogP contribution < -0.4 is 0 Å². The largest absolute Gasteiger partial charge is 0.356 e. The molecule has 0 spiro atoms. The van der Waals surface area contributed by atoms with Crippen molar-refractivity contribution in [2.75, 3.05) is 0 Å². The molecule has 2 aromatic carbocycles. The number of fused-ring (bicyclic) bond motifs is 3. The summed E-state index contributed by atoms with van der Waals surface area (Å²) in [6.45, 7) is 0.763. The van der Waals surface area contributed by atoms with E-state index in [1.807, 2.05) is 30.5 Å². The van der Waals surface area contributed by atoms with Crippen molar-refractivity contribution in [2.24, 2.45) is 0 Å². The standard InChI is InChI=1S/C21H17N3O/c1-3-7-15(8-4-1)14-24-18-12-11-17-13-22-25-21(17)19(18)20(23-24)16-9-5-2-6-10-16/h1-10,13H,11-12,14H2. The van der Waals surface area contributed by atoms with Gasteiger partial charge in [0.1, 0.15) is 5.69 Å². The van der Waals surface area contributed by atoms with Gasteiger partial charge in [-0.15, -0.1) is 0 Å². The Bertz CT molecular complexity index is 1020. The summed E-state index contributed by atoms with van der Waals surface area (Å²) in [5.41, 5.74) is 6.83. The van der Waals surface area contributed by atoms with Crippen LogP contribution in [0.2, 0.25) is 0 Å². The molecule has 0 radical (unpaired) electrons. The topological polar surface area (TPSA) is 43.9 Å². The highest BCUT2D eigenvalue weighted by Crippen LogP contribution is 2.40. The average molecular weight is 327 g/mol. The van der Waals surface area contributed by atoms with E-state index in [0.29, 0.717) is 0 Å². The zero-order valence-corrected chi connectivity index (χ0v) is 13.7. The van der Waals surface area contributed by atoms with E-state index >= 15 is 0 Å². The second-order valence-corrected chi connectivity index (χ2v) is 6.36. The molecule has 0 aliphatic heterocycles. The third kappa shape index (κ3) is 2.38. The fourth-order valence-electron chi connectivity index (χ4n) is 3.57. The van der Waals surface area contributed by atoms with Crippen LogP contribution in [0.25, 0.3) is 22.6 Å². The summed E-state index contributed by atoms with van der Waals surface area (Å²) in [7, 11) is 0. The fourth-order valence-corrected chi connectivity index (χ4v) is 3.57. The quantitative estimate of drug-likeness (QED) is 0.562. The minimum atomic E-state index is 0.763. The lowest BCUT2D eigenvalue weighted by Crippen LogP contribution is -2.10. The zero-order chi connectivity index (χ0) is 16.6. The molecule has 1 aliphatic rings. The first-order chi connectivity index (χ1) is 12.4. The summed E-state index contributed by atoms with van der Waals surface area (Å²) < 4.78 is 7.73. The molecule has 0 N–H and O–H groups in total. The third-order valence-corrected chi connectivity index (χ3v) is 4.78. The predicted molar refractivity (Wildman–Crippen MR) is 96.1 cm³/mol. The van der Waals surface area contributed by atoms with Crippen LogP contribution in [0.5, 0.6) is 0 Å². The van der Waals surface area contributed by atoms with Crippen molar-refractivity contribution in [3.8, 4) is 22.6 Å².